The molecule has 0 radical (unpaired) electrons. The number of furan rings is 1. The number of carbonyl (C=O) groups is 2. The van der Waals surface area contributed by atoms with Crippen LogP contribution in [0.15, 0.2) is 45.9 Å². The van der Waals surface area contributed by atoms with Gasteiger partial charge in [-0.1, -0.05) is 12.5 Å². The molecule has 1 N–H and O–H groups in total. The minimum absolute atomic E-state index is 0.102. The van der Waals surface area contributed by atoms with Crippen LogP contribution in [-0.4, -0.2) is 49.1 Å². The van der Waals surface area contributed by atoms with Crippen LogP contribution in [0.5, 0.6) is 0 Å². The molecule has 2 aromatic rings. The summed E-state index contributed by atoms with van der Waals surface area (Å²) in [6.07, 6.45) is 4.43. The summed E-state index contributed by atoms with van der Waals surface area (Å²) in [6.45, 7) is 3.49. The Morgan fingerprint density at radius 2 is 1.97 bits per heavy atom. The average molecular weight is 446 g/mol. The molecule has 2 saturated heterocycles. The fraction of sp³-hybridized carbons (Fsp3) is 0.455. The van der Waals surface area contributed by atoms with Crippen LogP contribution in [0.25, 0.3) is 0 Å². The van der Waals surface area contributed by atoms with Gasteiger partial charge in [-0.25, -0.2) is 8.42 Å². The molecule has 8 nitrogen and oxygen atoms in total. The molecule has 9 heteroatoms. The summed E-state index contributed by atoms with van der Waals surface area (Å²) in [5.74, 6) is -0.217. The minimum atomic E-state index is -3.59. The van der Waals surface area contributed by atoms with Crippen LogP contribution < -0.4 is 5.32 Å². The molecule has 31 heavy (non-hydrogen) atoms. The number of rotatable bonds is 6. The Balaban J connectivity index is 1.46. The number of carbonyl (C=O) groups excluding carboxylic acids is 2. The Kier molecular flexibility index (Phi) is 6.15. The predicted molar refractivity (Wildman–Crippen MR) is 115 cm³/mol. The number of nitrogens with one attached hydrogen (secondary N) is 1. The number of likely N-dealkylation sites (tertiary alicyclic amines) is 1. The van der Waals surface area contributed by atoms with E-state index in [0.717, 1.165) is 24.8 Å². The summed E-state index contributed by atoms with van der Waals surface area (Å²) in [5, 5.41) is 2.84. The standard InChI is InChI=1S/C22H27N3O5S/c1-16-7-8-19(31(28,29)25-9-3-2-4-10-25)13-20(16)23-22(27)17-12-21(26)24(14-17)15-18-6-5-11-30-18/h5-8,11,13,17H,2-4,9-10,12,14-15H2,1H3,(H,23,27)/t17-/m0/s1. The molecule has 0 aliphatic carbocycles. The molecular formula is C22H27N3O5S. The maximum absolute atomic E-state index is 13.0. The predicted octanol–water partition coefficient (Wildman–Crippen LogP) is 2.75. The first kappa shape index (κ1) is 21.6. The first-order valence-corrected chi connectivity index (χ1v) is 12.0. The van der Waals surface area contributed by atoms with E-state index in [4.69, 9.17) is 4.42 Å². The third kappa shape index (κ3) is 4.67. The maximum Gasteiger partial charge on any atom is 0.243 e. The Morgan fingerprint density at radius 1 is 1.19 bits per heavy atom. The molecule has 166 valence electrons. The number of hydrogen-bond donors (Lipinski definition) is 1. The van der Waals surface area contributed by atoms with E-state index in [0.29, 0.717) is 37.6 Å². The zero-order valence-electron chi connectivity index (χ0n) is 17.5. The van der Waals surface area contributed by atoms with Gasteiger partial charge in [0.1, 0.15) is 5.76 Å². The van der Waals surface area contributed by atoms with Crippen molar-refractivity contribution in [3.05, 3.63) is 47.9 Å². The van der Waals surface area contributed by atoms with E-state index in [1.807, 2.05) is 6.92 Å². The minimum Gasteiger partial charge on any atom is -0.467 e. The van der Waals surface area contributed by atoms with Gasteiger partial charge in [0.15, 0.2) is 0 Å². The lowest BCUT2D eigenvalue weighted by Crippen LogP contribution is -2.35. The van der Waals surface area contributed by atoms with Crippen LogP contribution >= 0.6 is 0 Å². The van der Waals surface area contributed by atoms with Crippen LogP contribution in [0.2, 0.25) is 0 Å². The molecule has 2 amide bonds. The fourth-order valence-corrected chi connectivity index (χ4v) is 5.62. The number of amides is 2. The van der Waals surface area contributed by atoms with E-state index in [1.54, 1.807) is 35.4 Å². The van der Waals surface area contributed by atoms with Gasteiger partial charge in [0.05, 0.1) is 23.6 Å². The monoisotopic (exact) mass is 445 g/mol. The van der Waals surface area contributed by atoms with E-state index in [2.05, 4.69) is 5.32 Å². The van der Waals surface area contributed by atoms with E-state index in [-0.39, 0.29) is 23.1 Å². The van der Waals surface area contributed by atoms with Crippen molar-refractivity contribution in [1.82, 2.24) is 9.21 Å². The molecule has 0 bridgehead atoms. The molecule has 0 saturated carbocycles. The number of benzene rings is 1. The smallest absolute Gasteiger partial charge is 0.243 e. The molecule has 1 aromatic carbocycles. The van der Waals surface area contributed by atoms with Gasteiger partial charge in [0.2, 0.25) is 21.8 Å². The van der Waals surface area contributed by atoms with Crippen molar-refractivity contribution in [2.75, 3.05) is 25.0 Å². The highest BCUT2D eigenvalue weighted by molar-refractivity contribution is 7.89. The SMILES string of the molecule is Cc1ccc(S(=O)(=O)N2CCCCC2)cc1NC(=O)[C@H]1CC(=O)N(Cc2ccco2)C1. The summed E-state index contributed by atoms with van der Waals surface area (Å²) in [4.78, 5) is 26.9. The molecule has 2 fully saturated rings. The summed E-state index contributed by atoms with van der Waals surface area (Å²) < 4.78 is 32.8. The Morgan fingerprint density at radius 3 is 2.68 bits per heavy atom. The van der Waals surface area contributed by atoms with Gasteiger partial charge in [-0.2, -0.15) is 4.31 Å². The molecule has 2 aliphatic rings. The van der Waals surface area contributed by atoms with Gasteiger partial charge in [-0.15, -0.1) is 0 Å². The molecule has 1 atom stereocenters. The summed E-state index contributed by atoms with van der Waals surface area (Å²) in [5.41, 5.74) is 1.22. The highest BCUT2D eigenvalue weighted by Gasteiger charge is 2.35. The van der Waals surface area contributed by atoms with Crippen molar-refractivity contribution in [3.63, 3.8) is 0 Å². The van der Waals surface area contributed by atoms with Gasteiger partial charge < -0.3 is 14.6 Å². The Labute approximate surface area is 182 Å². The van der Waals surface area contributed by atoms with Crippen molar-refractivity contribution in [1.29, 1.82) is 0 Å². The zero-order valence-corrected chi connectivity index (χ0v) is 18.4. The number of nitrogens with zero attached hydrogens (tertiary/aromatic N) is 2. The second-order valence-electron chi connectivity index (χ2n) is 8.19. The molecular weight excluding hydrogens is 418 g/mol. The Bertz CT molecular complexity index is 1060. The molecule has 1 aromatic heterocycles. The van der Waals surface area contributed by atoms with E-state index < -0.39 is 15.9 Å². The number of aryl methyl sites for hydroxylation is 1. The summed E-state index contributed by atoms with van der Waals surface area (Å²) >= 11 is 0. The topological polar surface area (TPSA) is 99.9 Å². The lowest BCUT2D eigenvalue weighted by molar-refractivity contribution is -0.128. The molecule has 2 aliphatic heterocycles. The van der Waals surface area contributed by atoms with Crippen molar-refractivity contribution < 1.29 is 22.4 Å². The molecule has 4 rings (SSSR count). The van der Waals surface area contributed by atoms with E-state index >= 15 is 0 Å². The highest BCUT2D eigenvalue weighted by atomic mass is 32.2. The van der Waals surface area contributed by atoms with Gasteiger partial charge in [0.25, 0.3) is 0 Å². The van der Waals surface area contributed by atoms with E-state index in [9.17, 15) is 18.0 Å². The average Bonchev–Trinajstić information content (AvgIpc) is 3.40. The van der Waals surface area contributed by atoms with Crippen LogP contribution in [0.3, 0.4) is 0 Å². The first-order chi connectivity index (χ1) is 14.8. The van der Waals surface area contributed by atoms with Crippen molar-refractivity contribution in [2.45, 2.75) is 44.0 Å². The fourth-order valence-electron chi connectivity index (χ4n) is 4.08. The van der Waals surface area contributed by atoms with Crippen LogP contribution in [-0.2, 0) is 26.2 Å². The third-order valence-electron chi connectivity index (χ3n) is 5.93. The van der Waals surface area contributed by atoms with Crippen LogP contribution in [0.4, 0.5) is 5.69 Å². The van der Waals surface area contributed by atoms with Crippen molar-refractivity contribution >= 4 is 27.5 Å². The second kappa shape index (κ2) is 8.84. The maximum atomic E-state index is 13.0. The third-order valence-corrected chi connectivity index (χ3v) is 7.83. The van der Waals surface area contributed by atoms with Crippen LogP contribution in [0, 0.1) is 12.8 Å². The molecule has 3 heterocycles. The van der Waals surface area contributed by atoms with Crippen molar-refractivity contribution in [3.8, 4) is 0 Å². The first-order valence-electron chi connectivity index (χ1n) is 10.6. The van der Waals surface area contributed by atoms with Gasteiger partial charge in [0, 0.05) is 31.7 Å². The van der Waals surface area contributed by atoms with Crippen LogP contribution in [0.1, 0.15) is 37.0 Å². The highest BCUT2D eigenvalue weighted by Crippen LogP contribution is 2.27. The number of anilines is 1. The normalized spacial score (nSPS) is 20.2. The summed E-state index contributed by atoms with van der Waals surface area (Å²) in [7, 11) is -3.59. The molecule has 0 spiro atoms. The number of hydrogen-bond acceptors (Lipinski definition) is 5. The lowest BCUT2D eigenvalue weighted by Gasteiger charge is -2.26. The largest absolute Gasteiger partial charge is 0.467 e. The van der Waals surface area contributed by atoms with Gasteiger partial charge >= 0.3 is 0 Å². The second-order valence-corrected chi connectivity index (χ2v) is 10.1. The number of piperidine rings is 1. The van der Waals surface area contributed by atoms with Gasteiger partial charge in [-0.3, -0.25) is 9.59 Å². The molecule has 0 unspecified atom stereocenters. The summed E-state index contributed by atoms with van der Waals surface area (Å²) in [6, 6.07) is 8.36. The zero-order chi connectivity index (χ0) is 22.0. The lowest BCUT2D eigenvalue weighted by atomic mass is 10.1. The van der Waals surface area contributed by atoms with Gasteiger partial charge in [-0.05, 0) is 49.6 Å². The van der Waals surface area contributed by atoms with Crippen molar-refractivity contribution in [2.24, 2.45) is 5.92 Å². The number of sulfonamides is 1. The van der Waals surface area contributed by atoms with E-state index in [1.165, 1.54) is 10.4 Å². The quantitative estimate of drug-likeness (QED) is 0.737. The Hall–Kier alpha value is -2.65.